The largest absolute Gasteiger partial charge is 0.394 e. The number of carbonyl (C=O) groups excluding carboxylic acids is 1. The van der Waals surface area contributed by atoms with E-state index in [9.17, 15) is 9.90 Å². The number of halogens is 1. The number of amides is 1. The number of hydrogen-bond donors (Lipinski definition) is 3. The first-order chi connectivity index (χ1) is 12.1. The normalized spacial score (nSPS) is 12.3. The fourth-order valence-electron chi connectivity index (χ4n) is 3.02. The van der Waals surface area contributed by atoms with Crippen LogP contribution in [0.25, 0.3) is 10.9 Å². The third-order valence-corrected chi connectivity index (χ3v) is 4.63. The van der Waals surface area contributed by atoms with Crippen LogP contribution in [0.5, 0.6) is 0 Å². The minimum atomic E-state index is -0.298. The molecule has 0 radical (unpaired) electrons. The topological polar surface area (TPSA) is 65.1 Å². The number of benzene rings is 2. The van der Waals surface area contributed by atoms with Crippen LogP contribution in [0.4, 0.5) is 0 Å². The molecule has 0 spiro atoms. The first-order valence-corrected chi connectivity index (χ1v) is 8.65. The molecule has 3 aromatic rings. The zero-order valence-corrected chi connectivity index (χ0v) is 14.8. The molecule has 1 amide bonds. The highest BCUT2D eigenvalue weighted by Gasteiger charge is 2.15. The van der Waals surface area contributed by atoms with Gasteiger partial charge < -0.3 is 15.4 Å². The Morgan fingerprint density at radius 3 is 2.80 bits per heavy atom. The van der Waals surface area contributed by atoms with E-state index in [0.29, 0.717) is 11.4 Å². The van der Waals surface area contributed by atoms with Gasteiger partial charge in [-0.15, -0.1) is 0 Å². The smallest absolute Gasteiger partial charge is 0.224 e. The second-order valence-electron chi connectivity index (χ2n) is 6.26. The SMILES string of the molecule is Cc1ccccc1CC(CO)NC(=O)Cc1c[nH]c2cc(Cl)ccc12. The summed E-state index contributed by atoms with van der Waals surface area (Å²) < 4.78 is 0. The van der Waals surface area contributed by atoms with Crippen LogP contribution in [-0.2, 0) is 17.6 Å². The summed E-state index contributed by atoms with van der Waals surface area (Å²) >= 11 is 5.98. The maximum atomic E-state index is 12.4. The Balaban J connectivity index is 1.67. The summed E-state index contributed by atoms with van der Waals surface area (Å²) in [6, 6.07) is 13.3. The van der Waals surface area contributed by atoms with Gasteiger partial charge in [0, 0.05) is 22.1 Å². The first-order valence-electron chi connectivity index (χ1n) is 8.27. The lowest BCUT2D eigenvalue weighted by molar-refractivity contribution is -0.121. The number of fused-ring (bicyclic) bond motifs is 1. The molecular weight excluding hydrogens is 336 g/mol. The Morgan fingerprint density at radius 2 is 2.04 bits per heavy atom. The number of aromatic nitrogens is 1. The zero-order valence-electron chi connectivity index (χ0n) is 14.1. The van der Waals surface area contributed by atoms with Crippen LogP contribution >= 0.6 is 11.6 Å². The molecule has 1 atom stereocenters. The molecular formula is C20H21ClN2O2. The van der Waals surface area contributed by atoms with Crippen molar-refractivity contribution in [2.24, 2.45) is 0 Å². The van der Waals surface area contributed by atoms with Gasteiger partial charge >= 0.3 is 0 Å². The molecule has 0 saturated heterocycles. The van der Waals surface area contributed by atoms with Crippen molar-refractivity contribution < 1.29 is 9.90 Å². The quantitative estimate of drug-likeness (QED) is 0.633. The number of nitrogens with one attached hydrogen (secondary N) is 2. The van der Waals surface area contributed by atoms with E-state index in [-0.39, 0.29) is 25.0 Å². The molecule has 1 unspecified atom stereocenters. The van der Waals surface area contributed by atoms with Gasteiger partial charge in [-0.1, -0.05) is 41.9 Å². The summed E-state index contributed by atoms with van der Waals surface area (Å²) in [6.45, 7) is 1.94. The van der Waals surface area contributed by atoms with Gasteiger partial charge in [0.05, 0.1) is 19.1 Å². The minimum Gasteiger partial charge on any atom is -0.394 e. The summed E-state index contributed by atoms with van der Waals surface area (Å²) in [7, 11) is 0. The summed E-state index contributed by atoms with van der Waals surface area (Å²) in [4.78, 5) is 15.5. The molecule has 2 aromatic carbocycles. The van der Waals surface area contributed by atoms with Crippen LogP contribution in [0.3, 0.4) is 0 Å². The Morgan fingerprint density at radius 1 is 1.24 bits per heavy atom. The summed E-state index contributed by atoms with van der Waals surface area (Å²) in [6.07, 6.45) is 2.69. The molecule has 0 aliphatic rings. The maximum absolute atomic E-state index is 12.4. The van der Waals surface area contributed by atoms with Gasteiger partial charge in [-0.05, 0) is 42.2 Å². The van der Waals surface area contributed by atoms with E-state index in [1.54, 1.807) is 0 Å². The molecule has 0 bridgehead atoms. The molecule has 0 saturated carbocycles. The Bertz CT molecular complexity index is 888. The van der Waals surface area contributed by atoms with Crippen LogP contribution in [0, 0.1) is 6.92 Å². The molecule has 130 valence electrons. The van der Waals surface area contributed by atoms with Gasteiger partial charge in [0.15, 0.2) is 0 Å². The number of aliphatic hydroxyl groups excluding tert-OH is 1. The highest BCUT2D eigenvalue weighted by molar-refractivity contribution is 6.31. The first kappa shape index (κ1) is 17.5. The van der Waals surface area contributed by atoms with E-state index in [0.717, 1.165) is 27.6 Å². The van der Waals surface area contributed by atoms with Gasteiger partial charge in [0.25, 0.3) is 0 Å². The average Bonchev–Trinajstić information content (AvgIpc) is 2.98. The second kappa shape index (κ2) is 7.72. The van der Waals surface area contributed by atoms with Gasteiger partial charge in [0.1, 0.15) is 0 Å². The van der Waals surface area contributed by atoms with Crippen LogP contribution in [0.2, 0.25) is 5.02 Å². The van der Waals surface area contributed by atoms with Gasteiger partial charge in [-0.25, -0.2) is 0 Å². The summed E-state index contributed by atoms with van der Waals surface area (Å²) in [5.74, 6) is -0.108. The van der Waals surface area contributed by atoms with E-state index >= 15 is 0 Å². The van der Waals surface area contributed by atoms with Crippen molar-refractivity contribution in [1.29, 1.82) is 0 Å². The highest BCUT2D eigenvalue weighted by atomic mass is 35.5. The Hall–Kier alpha value is -2.30. The molecule has 25 heavy (non-hydrogen) atoms. The van der Waals surface area contributed by atoms with E-state index in [1.807, 2.05) is 55.6 Å². The lowest BCUT2D eigenvalue weighted by Crippen LogP contribution is -2.40. The molecule has 0 fully saturated rings. The molecule has 1 aromatic heterocycles. The van der Waals surface area contributed by atoms with Crippen LogP contribution < -0.4 is 5.32 Å². The van der Waals surface area contributed by atoms with Crippen molar-refractivity contribution in [2.45, 2.75) is 25.8 Å². The molecule has 3 N–H and O–H groups in total. The monoisotopic (exact) mass is 356 g/mol. The molecule has 0 aliphatic carbocycles. The van der Waals surface area contributed by atoms with Gasteiger partial charge in [-0.2, -0.15) is 0 Å². The standard InChI is InChI=1S/C20H21ClN2O2/c1-13-4-2-3-5-14(13)8-17(12-24)23-20(25)9-15-11-22-19-10-16(21)6-7-18(15)19/h2-7,10-11,17,22,24H,8-9,12H2,1H3,(H,23,25). The number of hydrogen-bond acceptors (Lipinski definition) is 2. The van der Waals surface area contributed by atoms with Gasteiger partial charge in [0.2, 0.25) is 5.91 Å². The maximum Gasteiger partial charge on any atom is 0.224 e. The number of aromatic amines is 1. The average molecular weight is 357 g/mol. The second-order valence-corrected chi connectivity index (χ2v) is 6.69. The molecule has 0 aliphatic heterocycles. The molecule has 3 rings (SSSR count). The Labute approximate surface area is 151 Å². The van der Waals surface area contributed by atoms with Crippen molar-refractivity contribution >= 4 is 28.4 Å². The van der Waals surface area contributed by atoms with Crippen LogP contribution in [0.15, 0.2) is 48.7 Å². The lowest BCUT2D eigenvalue weighted by Gasteiger charge is -2.17. The van der Waals surface area contributed by atoms with Crippen molar-refractivity contribution in [3.8, 4) is 0 Å². The van der Waals surface area contributed by atoms with E-state index in [1.165, 1.54) is 0 Å². The van der Waals surface area contributed by atoms with Crippen molar-refractivity contribution in [1.82, 2.24) is 10.3 Å². The fraction of sp³-hybridized carbons (Fsp3) is 0.250. The number of rotatable bonds is 6. The number of H-pyrrole nitrogens is 1. The minimum absolute atomic E-state index is 0.0937. The van der Waals surface area contributed by atoms with E-state index in [2.05, 4.69) is 10.3 Å². The fourth-order valence-corrected chi connectivity index (χ4v) is 3.19. The van der Waals surface area contributed by atoms with Crippen LogP contribution in [0.1, 0.15) is 16.7 Å². The van der Waals surface area contributed by atoms with Crippen molar-refractivity contribution in [3.05, 3.63) is 70.4 Å². The Kier molecular flexibility index (Phi) is 5.41. The number of aryl methyl sites for hydroxylation is 1. The number of carbonyl (C=O) groups is 1. The van der Waals surface area contributed by atoms with E-state index in [4.69, 9.17) is 11.6 Å². The third-order valence-electron chi connectivity index (χ3n) is 4.39. The van der Waals surface area contributed by atoms with Crippen molar-refractivity contribution in [3.63, 3.8) is 0 Å². The zero-order chi connectivity index (χ0) is 17.8. The molecule has 4 nitrogen and oxygen atoms in total. The predicted octanol–water partition coefficient (Wildman–Crippen LogP) is 3.39. The highest BCUT2D eigenvalue weighted by Crippen LogP contribution is 2.22. The molecule has 1 heterocycles. The number of aliphatic hydroxyl groups is 1. The summed E-state index contributed by atoms with van der Waals surface area (Å²) in [5.41, 5.74) is 4.11. The van der Waals surface area contributed by atoms with E-state index < -0.39 is 0 Å². The predicted molar refractivity (Wildman–Crippen MR) is 101 cm³/mol. The van der Waals surface area contributed by atoms with Gasteiger partial charge in [-0.3, -0.25) is 4.79 Å². The third kappa shape index (κ3) is 4.21. The van der Waals surface area contributed by atoms with Crippen LogP contribution in [-0.4, -0.2) is 28.6 Å². The summed E-state index contributed by atoms with van der Waals surface area (Å²) in [5, 5.41) is 14.2. The molecule has 5 heteroatoms. The van der Waals surface area contributed by atoms with Crippen molar-refractivity contribution in [2.75, 3.05) is 6.61 Å². The lowest BCUT2D eigenvalue weighted by atomic mass is 10.0.